The van der Waals surface area contributed by atoms with Crippen molar-refractivity contribution in [2.45, 2.75) is 0 Å². The number of aromatic nitrogens is 1. The molecule has 13 aromatic rings. The lowest BCUT2D eigenvalue weighted by Gasteiger charge is -2.26. The van der Waals surface area contributed by atoms with E-state index in [0.29, 0.717) is 0 Å². The van der Waals surface area contributed by atoms with E-state index in [1.54, 1.807) is 0 Å². The summed E-state index contributed by atoms with van der Waals surface area (Å²) in [5.74, 6) is 0. The van der Waals surface area contributed by atoms with Crippen molar-refractivity contribution < 1.29 is 4.42 Å². The van der Waals surface area contributed by atoms with Gasteiger partial charge in [0.1, 0.15) is 11.2 Å². The van der Waals surface area contributed by atoms with E-state index >= 15 is 0 Å². The van der Waals surface area contributed by atoms with Crippen LogP contribution in [0.4, 0.5) is 17.1 Å². The Bertz CT molecular complexity index is 3920. The Hall–Kier alpha value is -9.18. The molecular weight excluding hydrogens is 837 g/mol. The number of hydrogen-bond acceptors (Lipinski definition) is 2. The van der Waals surface area contributed by atoms with Crippen molar-refractivity contribution in [2.24, 2.45) is 0 Å². The fourth-order valence-corrected chi connectivity index (χ4v) is 10.2. The van der Waals surface area contributed by atoms with Gasteiger partial charge in [-0.3, -0.25) is 0 Å². The summed E-state index contributed by atoms with van der Waals surface area (Å²) < 4.78 is 8.70. The Morgan fingerprint density at radius 2 is 0.710 bits per heavy atom. The molecule has 11 aromatic carbocycles. The zero-order chi connectivity index (χ0) is 45.7. The van der Waals surface area contributed by atoms with Crippen molar-refractivity contribution in [1.29, 1.82) is 0 Å². The topological polar surface area (TPSA) is 21.3 Å². The van der Waals surface area contributed by atoms with Crippen LogP contribution in [0.5, 0.6) is 0 Å². The minimum Gasteiger partial charge on any atom is -0.456 e. The summed E-state index contributed by atoms with van der Waals surface area (Å²) in [4.78, 5) is 2.36. The van der Waals surface area contributed by atoms with Gasteiger partial charge in [-0.05, 0) is 128 Å². The number of furan rings is 1. The average Bonchev–Trinajstić information content (AvgIpc) is 3.98. The van der Waals surface area contributed by atoms with Crippen LogP contribution in [0.25, 0.3) is 105 Å². The van der Waals surface area contributed by atoms with Crippen molar-refractivity contribution in [3.63, 3.8) is 0 Å². The Morgan fingerprint density at radius 3 is 1.32 bits per heavy atom. The molecule has 0 unspecified atom stereocenters. The predicted molar refractivity (Wildman–Crippen MR) is 290 cm³/mol. The number of rotatable bonds is 9. The van der Waals surface area contributed by atoms with Gasteiger partial charge in [0.25, 0.3) is 0 Å². The Kier molecular flexibility index (Phi) is 9.84. The SMILES string of the molecule is c1ccc(-c2ccc(-c3ccc(N(c4ccc(-c5ccc(-c6cccc(-n7c8ccccc8c8ccccc87)c6)cc5)cc4)c4cccc(-c5cccc6oc7ccccc7c56)c4)cc3)cc2)cc1. The maximum Gasteiger partial charge on any atom is 0.136 e. The molecule has 3 nitrogen and oxygen atoms in total. The first-order valence-electron chi connectivity index (χ1n) is 23.6. The standard InChI is InChI=1S/C66H44N2O/c1-2-13-45(14-3-1)46-27-29-47(30-28-46)49-35-39-54(40-36-49)67(56-17-11-16-53(44-56)58-22-12-26-65-66(58)61-21-6-9-25-64(61)69-65)55-41-37-50(38-42-55)48-31-33-51(34-32-48)52-15-10-18-57(43-52)68-62-23-7-4-19-59(62)60-20-5-8-24-63(60)68/h1-44H. The number of para-hydroxylation sites is 3. The van der Waals surface area contributed by atoms with Gasteiger partial charge in [-0.2, -0.15) is 0 Å². The Balaban J connectivity index is 0.838. The van der Waals surface area contributed by atoms with Gasteiger partial charge in [-0.25, -0.2) is 0 Å². The zero-order valence-electron chi connectivity index (χ0n) is 37.7. The summed E-state index contributed by atoms with van der Waals surface area (Å²) in [7, 11) is 0. The molecular formula is C66H44N2O. The third-order valence-electron chi connectivity index (χ3n) is 13.6. The number of fused-ring (bicyclic) bond motifs is 6. The third kappa shape index (κ3) is 7.25. The first kappa shape index (κ1) is 40.1. The molecule has 0 atom stereocenters. The fraction of sp³-hybridized carbons (Fsp3) is 0. The third-order valence-corrected chi connectivity index (χ3v) is 13.6. The van der Waals surface area contributed by atoms with Crippen LogP contribution in [-0.2, 0) is 0 Å². The number of hydrogen-bond donors (Lipinski definition) is 0. The molecule has 0 amide bonds. The smallest absolute Gasteiger partial charge is 0.136 e. The van der Waals surface area contributed by atoms with E-state index in [9.17, 15) is 0 Å². The molecule has 0 bridgehead atoms. The van der Waals surface area contributed by atoms with Crippen molar-refractivity contribution in [3.8, 4) is 61.3 Å². The van der Waals surface area contributed by atoms with Gasteiger partial charge in [-0.1, -0.05) is 194 Å². The van der Waals surface area contributed by atoms with Crippen LogP contribution in [0.2, 0.25) is 0 Å². The second kappa shape index (κ2) is 16.9. The van der Waals surface area contributed by atoms with Crippen LogP contribution in [0.1, 0.15) is 0 Å². The van der Waals surface area contributed by atoms with Crippen LogP contribution < -0.4 is 4.90 Å². The molecule has 0 fully saturated rings. The van der Waals surface area contributed by atoms with Crippen molar-refractivity contribution in [2.75, 3.05) is 4.90 Å². The molecule has 0 aliphatic rings. The van der Waals surface area contributed by atoms with Gasteiger partial charge >= 0.3 is 0 Å². The second-order valence-electron chi connectivity index (χ2n) is 17.7. The largest absolute Gasteiger partial charge is 0.456 e. The van der Waals surface area contributed by atoms with E-state index in [2.05, 4.69) is 264 Å². The van der Waals surface area contributed by atoms with Gasteiger partial charge in [0, 0.05) is 44.3 Å². The minimum atomic E-state index is 0.889. The highest BCUT2D eigenvalue weighted by Gasteiger charge is 2.18. The highest BCUT2D eigenvalue weighted by Crippen LogP contribution is 2.42. The first-order chi connectivity index (χ1) is 34.2. The molecule has 2 heterocycles. The van der Waals surface area contributed by atoms with Crippen LogP contribution in [0.15, 0.2) is 271 Å². The number of nitrogens with zero attached hydrogens (tertiary/aromatic N) is 2. The first-order valence-corrected chi connectivity index (χ1v) is 23.6. The quantitative estimate of drug-likeness (QED) is 0.144. The van der Waals surface area contributed by atoms with E-state index in [1.807, 2.05) is 12.1 Å². The molecule has 13 rings (SSSR count). The molecule has 0 radical (unpaired) electrons. The van der Waals surface area contributed by atoms with Gasteiger partial charge in [0.2, 0.25) is 0 Å². The molecule has 0 N–H and O–H groups in total. The van der Waals surface area contributed by atoms with Crippen LogP contribution in [0, 0.1) is 0 Å². The van der Waals surface area contributed by atoms with E-state index in [4.69, 9.17) is 4.42 Å². The molecule has 69 heavy (non-hydrogen) atoms. The van der Waals surface area contributed by atoms with Gasteiger partial charge in [0.15, 0.2) is 0 Å². The molecule has 324 valence electrons. The van der Waals surface area contributed by atoms with E-state index in [-0.39, 0.29) is 0 Å². The van der Waals surface area contributed by atoms with E-state index in [0.717, 1.165) is 61.4 Å². The molecule has 0 aliphatic carbocycles. The van der Waals surface area contributed by atoms with Crippen LogP contribution in [-0.4, -0.2) is 4.57 Å². The van der Waals surface area contributed by atoms with E-state index < -0.39 is 0 Å². The molecule has 2 aromatic heterocycles. The van der Waals surface area contributed by atoms with Crippen molar-refractivity contribution in [1.82, 2.24) is 4.57 Å². The summed E-state index contributed by atoms with van der Waals surface area (Å²) in [6, 6.07) is 96.0. The summed E-state index contributed by atoms with van der Waals surface area (Å²) in [6.07, 6.45) is 0. The lowest BCUT2D eigenvalue weighted by atomic mass is 9.98. The fourth-order valence-electron chi connectivity index (χ4n) is 10.2. The summed E-state index contributed by atoms with van der Waals surface area (Å²) in [6.45, 7) is 0. The normalized spacial score (nSPS) is 11.5. The van der Waals surface area contributed by atoms with Crippen molar-refractivity contribution in [3.05, 3.63) is 267 Å². The summed E-state index contributed by atoms with van der Waals surface area (Å²) in [5, 5.41) is 4.78. The maximum absolute atomic E-state index is 6.32. The molecule has 0 aliphatic heterocycles. The molecule has 0 saturated carbocycles. The van der Waals surface area contributed by atoms with Gasteiger partial charge in [0.05, 0.1) is 11.0 Å². The molecule has 0 spiro atoms. The van der Waals surface area contributed by atoms with Crippen molar-refractivity contribution >= 4 is 60.8 Å². The minimum absolute atomic E-state index is 0.889. The average molecular weight is 881 g/mol. The Morgan fingerprint density at radius 1 is 0.275 bits per heavy atom. The highest BCUT2D eigenvalue weighted by atomic mass is 16.3. The lowest BCUT2D eigenvalue weighted by molar-refractivity contribution is 0.669. The highest BCUT2D eigenvalue weighted by molar-refractivity contribution is 6.13. The summed E-state index contributed by atoms with van der Waals surface area (Å²) >= 11 is 0. The second-order valence-corrected chi connectivity index (χ2v) is 17.7. The molecule has 3 heteroatoms. The number of benzene rings is 11. The number of anilines is 3. The van der Waals surface area contributed by atoms with Gasteiger partial charge < -0.3 is 13.9 Å². The van der Waals surface area contributed by atoms with Crippen LogP contribution in [0.3, 0.4) is 0 Å². The maximum atomic E-state index is 6.32. The zero-order valence-corrected chi connectivity index (χ0v) is 37.7. The molecule has 0 saturated heterocycles. The Labute approximate surface area is 401 Å². The summed E-state index contributed by atoms with van der Waals surface area (Å²) in [5.41, 5.74) is 20.3. The van der Waals surface area contributed by atoms with Crippen LogP contribution >= 0.6 is 0 Å². The van der Waals surface area contributed by atoms with Gasteiger partial charge in [-0.15, -0.1) is 0 Å². The van der Waals surface area contributed by atoms with E-state index in [1.165, 1.54) is 60.8 Å². The predicted octanol–water partition coefficient (Wildman–Crippen LogP) is 18.5. The monoisotopic (exact) mass is 880 g/mol. The lowest BCUT2D eigenvalue weighted by Crippen LogP contribution is -2.10.